The fraction of sp³-hybridized carbons (Fsp3) is 0.400. The molecule has 0 spiro atoms. The molecule has 0 aliphatic heterocycles. The van der Waals surface area contributed by atoms with Gasteiger partial charge in [0.1, 0.15) is 5.76 Å². The van der Waals surface area contributed by atoms with E-state index in [0.29, 0.717) is 5.76 Å². The van der Waals surface area contributed by atoms with Crippen LogP contribution in [0.5, 0.6) is 0 Å². The summed E-state index contributed by atoms with van der Waals surface area (Å²) < 4.78 is 4.79. The minimum absolute atomic E-state index is 0.116. The SMILES string of the molecule is NC(CO)c1cnco1. The minimum atomic E-state index is -0.438. The highest BCUT2D eigenvalue weighted by Crippen LogP contribution is 2.05. The molecule has 3 N–H and O–H groups in total. The molecule has 0 aliphatic rings. The summed E-state index contributed by atoms with van der Waals surface area (Å²) in [5.41, 5.74) is 5.35. The third-order valence-electron chi connectivity index (χ3n) is 1.01. The van der Waals surface area contributed by atoms with Crippen molar-refractivity contribution in [1.82, 2.24) is 4.98 Å². The Balaban J connectivity index is 2.65. The van der Waals surface area contributed by atoms with Crippen molar-refractivity contribution in [2.75, 3.05) is 6.61 Å². The third kappa shape index (κ3) is 1.28. The Morgan fingerprint density at radius 3 is 3.11 bits per heavy atom. The van der Waals surface area contributed by atoms with Crippen molar-refractivity contribution in [2.45, 2.75) is 6.04 Å². The van der Waals surface area contributed by atoms with Gasteiger partial charge in [-0.2, -0.15) is 0 Å². The van der Waals surface area contributed by atoms with Crippen molar-refractivity contribution in [3.63, 3.8) is 0 Å². The fourth-order valence-electron chi connectivity index (χ4n) is 0.499. The number of aromatic nitrogens is 1. The van der Waals surface area contributed by atoms with E-state index in [0.717, 1.165) is 0 Å². The Morgan fingerprint density at radius 1 is 1.89 bits per heavy atom. The molecule has 50 valence electrons. The molecule has 0 bridgehead atoms. The quantitative estimate of drug-likeness (QED) is 0.571. The fourth-order valence-corrected chi connectivity index (χ4v) is 0.499. The Hall–Kier alpha value is -0.870. The number of aliphatic hydroxyl groups excluding tert-OH is 1. The van der Waals surface area contributed by atoms with Crippen LogP contribution in [0.1, 0.15) is 11.8 Å². The molecule has 1 aromatic heterocycles. The van der Waals surface area contributed by atoms with Gasteiger partial charge in [-0.1, -0.05) is 0 Å². The molecule has 1 unspecified atom stereocenters. The van der Waals surface area contributed by atoms with E-state index >= 15 is 0 Å². The summed E-state index contributed by atoms with van der Waals surface area (Å²) in [4.78, 5) is 3.63. The van der Waals surface area contributed by atoms with Crippen LogP contribution in [-0.2, 0) is 0 Å². The van der Waals surface area contributed by atoms with Gasteiger partial charge in [0.25, 0.3) is 0 Å². The Kier molecular flexibility index (Phi) is 1.81. The van der Waals surface area contributed by atoms with Crippen LogP contribution in [0.3, 0.4) is 0 Å². The molecule has 9 heavy (non-hydrogen) atoms. The first kappa shape index (κ1) is 6.25. The van der Waals surface area contributed by atoms with E-state index in [2.05, 4.69) is 4.98 Å². The minimum Gasteiger partial charge on any atom is -0.447 e. The topological polar surface area (TPSA) is 72.3 Å². The van der Waals surface area contributed by atoms with Crippen LogP contribution in [-0.4, -0.2) is 16.7 Å². The number of hydrogen-bond donors (Lipinski definition) is 2. The van der Waals surface area contributed by atoms with Crippen LogP contribution in [0, 0.1) is 0 Å². The number of nitrogens with two attached hydrogens (primary N) is 1. The largest absolute Gasteiger partial charge is 0.447 e. The van der Waals surface area contributed by atoms with Crippen molar-refractivity contribution in [3.8, 4) is 0 Å². The Labute approximate surface area is 52.3 Å². The van der Waals surface area contributed by atoms with Gasteiger partial charge in [0.05, 0.1) is 18.8 Å². The zero-order valence-corrected chi connectivity index (χ0v) is 4.82. The zero-order valence-electron chi connectivity index (χ0n) is 4.82. The summed E-state index contributed by atoms with van der Waals surface area (Å²) in [6.45, 7) is -0.116. The summed E-state index contributed by atoms with van der Waals surface area (Å²) >= 11 is 0. The summed E-state index contributed by atoms with van der Waals surface area (Å²) in [5.74, 6) is 0.512. The van der Waals surface area contributed by atoms with Crippen LogP contribution in [0.4, 0.5) is 0 Å². The van der Waals surface area contributed by atoms with Crippen LogP contribution >= 0.6 is 0 Å². The van der Waals surface area contributed by atoms with Gasteiger partial charge in [0.2, 0.25) is 0 Å². The number of hydrogen-bond acceptors (Lipinski definition) is 4. The van der Waals surface area contributed by atoms with Gasteiger partial charge in [-0.15, -0.1) is 0 Å². The molecule has 1 aromatic rings. The lowest BCUT2D eigenvalue weighted by molar-refractivity contribution is 0.252. The lowest BCUT2D eigenvalue weighted by atomic mass is 10.3. The van der Waals surface area contributed by atoms with Gasteiger partial charge in [0.15, 0.2) is 6.39 Å². The molecule has 0 radical (unpaired) electrons. The summed E-state index contributed by atoms with van der Waals surface area (Å²) in [5, 5.41) is 8.49. The van der Waals surface area contributed by atoms with Crippen molar-refractivity contribution in [2.24, 2.45) is 5.73 Å². The molecular formula is C5H8N2O2. The predicted molar refractivity (Wildman–Crippen MR) is 30.5 cm³/mol. The van der Waals surface area contributed by atoms with Crippen molar-refractivity contribution in [3.05, 3.63) is 18.4 Å². The van der Waals surface area contributed by atoms with Gasteiger partial charge in [0, 0.05) is 0 Å². The van der Waals surface area contributed by atoms with E-state index in [1.807, 2.05) is 0 Å². The second-order valence-electron chi connectivity index (χ2n) is 1.69. The summed E-state index contributed by atoms with van der Waals surface area (Å²) in [6.07, 6.45) is 2.77. The molecular weight excluding hydrogens is 120 g/mol. The van der Waals surface area contributed by atoms with Gasteiger partial charge >= 0.3 is 0 Å². The van der Waals surface area contributed by atoms with E-state index in [4.69, 9.17) is 15.3 Å². The van der Waals surface area contributed by atoms with Crippen molar-refractivity contribution >= 4 is 0 Å². The third-order valence-corrected chi connectivity index (χ3v) is 1.01. The average Bonchev–Trinajstić information content (AvgIpc) is 2.37. The second kappa shape index (κ2) is 2.61. The molecule has 0 saturated carbocycles. The standard InChI is InChI=1S/C5H8N2O2/c6-4(2-8)5-1-7-3-9-5/h1,3-4,8H,2,6H2. The molecule has 1 atom stereocenters. The average molecular weight is 128 g/mol. The van der Waals surface area contributed by atoms with E-state index < -0.39 is 6.04 Å². The van der Waals surface area contributed by atoms with Gasteiger partial charge in [-0.3, -0.25) is 0 Å². The molecule has 0 aliphatic carbocycles. The molecule has 0 saturated heterocycles. The van der Waals surface area contributed by atoms with Gasteiger partial charge < -0.3 is 15.3 Å². The number of rotatable bonds is 2. The van der Waals surface area contributed by atoms with Crippen LogP contribution in [0.2, 0.25) is 0 Å². The molecule has 0 aromatic carbocycles. The van der Waals surface area contributed by atoms with E-state index in [1.165, 1.54) is 12.6 Å². The second-order valence-corrected chi connectivity index (χ2v) is 1.69. The maximum absolute atomic E-state index is 8.49. The predicted octanol–water partition coefficient (Wildman–Crippen LogP) is -0.333. The number of oxazole rings is 1. The zero-order chi connectivity index (χ0) is 6.69. The summed E-state index contributed by atoms with van der Waals surface area (Å²) in [6, 6.07) is -0.438. The highest BCUT2D eigenvalue weighted by molar-refractivity contribution is 4.95. The molecule has 0 amide bonds. The number of nitrogens with zero attached hydrogens (tertiary/aromatic N) is 1. The molecule has 4 heteroatoms. The molecule has 4 nitrogen and oxygen atoms in total. The van der Waals surface area contributed by atoms with Crippen LogP contribution in [0.25, 0.3) is 0 Å². The lowest BCUT2D eigenvalue weighted by Crippen LogP contribution is -2.13. The van der Waals surface area contributed by atoms with Gasteiger partial charge in [-0.25, -0.2) is 4.98 Å². The molecule has 1 rings (SSSR count). The maximum Gasteiger partial charge on any atom is 0.180 e. The normalized spacial score (nSPS) is 13.6. The maximum atomic E-state index is 8.49. The smallest absolute Gasteiger partial charge is 0.180 e. The van der Waals surface area contributed by atoms with Crippen molar-refractivity contribution in [1.29, 1.82) is 0 Å². The number of aliphatic hydroxyl groups is 1. The van der Waals surface area contributed by atoms with Gasteiger partial charge in [-0.05, 0) is 0 Å². The molecule has 0 fully saturated rings. The Bertz CT molecular complexity index is 161. The summed E-state index contributed by atoms with van der Waals surface area (Å²) in [7, 11) is 0. The Morgan fingerprint density at radius 2 is 2.67 bits per heavy atom. The van der Waals surface area contributed by atoms with E-state index in [9.17, 15) is 0 Å². The monoisotopic (exact) mass is 128 g/mol. The lowest BCUT2D eigenvalue weighted by Gasteiger charge is -1.99. The highest BCUT2D eigenvalue weighted by atomic mass is 16.3. The van der Waals surface area contributed by atoms with Crippen LogP contribution in [0.15, 0.2) is 17.0 Å². The highest BCUT2D eigenvalue weighted by Gasteiger charge is 2.05. The first-order valence-electron chi connectivity index (χ1n) is 2.59. The van der Waals surface area contributed by atoms with E-state index in [1.54, 1.807) is 0 Å². The first-order valence-corrected chi connectivity index (χ1v) is 2.59. The molecule has 1 heterocycles. The van der Waals surface area contributed by atoms with Crippen LogP contribution < -0.4 is 5.73 Å². The first-order chi connectivity index (χ1) is 4.34. The van der Waals surface area contributed by atoms with E-state index in [-0.39, 0.29) is 6.61 Å². The van der Waals surface area contributed by atoms with Crippen molar-refractivity contribution < 1.29 is 9.52 Å².